The number of aliphatic hydroxyl groups is 1. The Balaban J connectivity index is 1.59. The summed E-state index contributed by atoms with van der Waals surface area (Å²) in [6.07, 6.45) is 8.01. The van der Waals surface area contributed by atoms with Gasteiger partial charge in [-0.05, 0) is 25.7 Å². The molecule has 4 nitrogen and oxygen atoms in total. The molecule has 2 rings (SSSR count). The molecular formula is C14H22N2O2S. The summed E-state index contributed by atoms with van der Waals surface area (Å²) in [5, 5.41) is 15.8. The zero-order chi connectivity index (χ0) is 13.5. The van der Waals surface area contributed by atoms with Crippen LogP contribution in [0.2, 0.25) is 0 Å². The summed E-state index contributed by atoms with van der Waals surface area (Å²) in [4.78, 5) is 15.9. The van der Waals surface area contributed by atoms with Crippen LogP contribution in [-0.2, 0) is 11.2 Å². The molecule has 1 heterocycles. The average molecular weight is 282 g/mol. The van der Waals surface area contributed by atoms with Gasteiger partial charge in [-0.2, -0.15) is 0 Å². The Labute approximate surface area is 118 Å². The highest BCUT2D eigenvalue weighted by atomic mass is 32.1. The fourth-order valence-electron chi connectivity index (χ4n) is 2.54. The van der Waals surface area contributed by atoms with Gasteiger partial charge in [0.05, 0.1) is 11.1 Å². The van der Waals surface area contributed by atoms with Gasteiger partial charge in [-0.1, -0.05) is 12.8 Å². The Hall–Kier alpha value is -0.940. The molecule has 1 fully saturated rings. The molecule has 1 amide bonds. The number of nitrogens with zero attached hydrogens (tertiary/aromatic N) is 1. The van der Waals surface area contributed by atoms with E-state index in [4.69, 9.17) is 0 Å². The van der Waals surface area contributed by atoms with Gasteiger partial charge in [0.25, 0.3) is 0 Å². The van der Waals surface area contributed by atoms with Crippen molar-refractivity contribution in [1.29, 1.82) is 0 Å². The number of nitrogens with one attached hydrogen (secondary N) is 1. The molecule has 19 heavy (non-hydrogen) atoms. The Kier molecular flexibility index (Phi) is 5.79. The predicted octanol–water partition coefficient (Wildman–Crippen LogP) is 2.13. The number of aromatic nitrogens is 1. The van der Waals surface area contributed by atoms with Crippen molar-refractivity contribution in [2.75, 3.05) is 6.54 Å². The molecule has 5 heteroatoms. The normalized spacial score (nSPS) is 23.2. The number of thiazole rings is 1. The minimum absolute atomic E-state index is 0.0920. The van der Waals surface area contributed by atoms with Crippen molar-refractivity contribution < 1.29 is 9.90 Å². The second-order valence-electron chi connectivity index (χ2n) is 5.20. The lowest BCUT2D eigenvalue weighted by Gasteiger charge is -2.27. The first-order chi connectivity index (χ1) is 9.25. The molecule has 0 spiro atoms. The van der Waals surface area contributed by atoms with Crippen molar-refractivity contribution in [3.63, 3.8) is 0 Å². The Morgan fingerprint density at radius 1 is 1.47 bits per heavy atom. The number of rotatable bonds is 6. The maximum absolute atomic E-state index is 11.7. The first-order valence-electron chi connectivity index (χ1n) is 7.09. The van der Waals surface area contributed by atoms with E-state index in [-0.39, 0.29) is 17.9 Å². The van der Waals surface area contributed by atoms with E-state index >= 15 is 0 Å². The van der Waals surface area contributed by atoms with Crippen LogP contribution in [0.4, 0.5) is 0 Å². The van der Waals surface area contributed by atoms with Crippen LogP contribution in [0.5, 0.6) is 0 Å². The molecule has 0 unspecified atom stereocenters. The van der Waals surface area contributed by atoms with Crippen molar-refractivity contribution in [2.24, 2.45) is 5.92 Å². The number of carbonyl (C=O) groups is 1. The van der Waals surface area contributed by atoms with Gasteiger partial charge >= 0.3 is 0 Å². The van der Waals surface area contributed by atoms with Crippen LogP contribution in [0, 0.1) is 5.92 Å². The van der Waals surface area contributed by atoms with Crippen LogP contribution in [0.15, 0.2) is 11.6 Å². The summed E-state index contributed by atoms with van der Waals surface area (Å²) >= 11 is 1.64. The van der Waals surface area contributed by atoms with Gasteiger partial charge in [-0.3, -0.25) is 4.79 Å². The second-order valence-corrected chi connectivity index (χ2v) is 6.17. The Morgan fingerprint density at radius 3 is 3.05 bits per heavy atom. The monoisotopic (exact) mass is 282 g/mol. The molecule has 0 aromatic carbocycles. The highest BCUT2D eigenvalue weighted by molar-refractivity contribution is 7.09. The number of amides is 1. The largest absolute Gasteiger partial charge is 0.393 e. The first kappa shape index (κ1) is 14.5. The van der Waals surface area contributed by atoms with E-state index in [1.807, 2.05) is 5.38 Å². The third kappa shape index (κ3) is 4.91. The first-order valence-corrected chi connectivity index (χ1v) is 7.97. The molecule has 2 N–H and O–H groups in total. The topological polar surface area (TPSA) is 62.2 Å². The molecule has 1 aliphatic carbocycles. The number of hydrogen-bond acceptors (Lipinski definition) is 4. The molecule has 106 valence electrons. The minimum atomic E-state index is -0.232. The standard InChI is InChI=1S/C14H22N2O2S/c17-12-5-2-1-4-11(12)10-16-13(18)6-3-7-14-15-8-9-19-14/h8-9,11-12,17H,1-7,10H2,(H,16,18)/t11-,12-/m0/s1. The van der Waals surface area contributed by atoms with E-state index in [1.54, 1.807) is 17.5 Å². The summed E-state index contributed by atoms with van der Waals surface area (Å²) in [7, 11) is 0. The summed E-state index contributed by atoms with van der Waals surface area (Å²) < 4.78 is 0. The summed E-state index contributed by atoms with van der Waals surface area (Å²) in [5.74, 6) is 0.339. The molecule has 0 radical (unpaired) electrons. The van der Waals surface area contributed by atoms with Gasteiger partial charge in [0, 0.05) is 30.5 Å². The van der Waals surface area contributed by atoms with E-state index in [0.29, 0.717) is 13.0 Å². The van der Waals surface area contributed by atoms with Crippen LogP contribution >= 0.6 is 11.3 Å². The van der Waals surface area contributed by atoms with E-state index in [2.05, 4.69) is 10.3 Å². The lowest BCUT2D eigenvalue weighted by molar-refractivity contribution is -0.121. The summed E-state index contributed by atoms with van der Waals surface area (Å²) in [6, 6.07) is 0. The van der Waals surface area contributed by atoms with Crippen LogP contribution in [0.1, 0.15) is 43.5 Å². The number of carbonyl (C=O) groups excluding carboxylic acids is 1. The summed E-state index contributed by atoms with van der Waals surface area (Å²) in [6.45, 7) is 0.622. The number of aryl methyl sites for hydroxylation is 1. The van der Waals surface area contributed by atoms with Crippen LogP contribution in [0.25, 0.3) is 0 Å². The molecule has 1 saturated carbocycles. The molecule has 2 atom stereocenters. The third-order valence-electron chi connectivity index (χ3n) is 3.71. The average Bonchev–Trinajstić information content (AvgIpc) is 2.91. The van der Waals surface area contributed by atoms with Crippen LogP contribution < -0.4 is 5.32 Å². The quantitative estimate of drug-likeness (QED) is 0.840. The van der Waals surface area contributed by atoms with Gasteiger partial charge in [-0.25, -0.2) is 4.98 Å². The van der Waals surface area contributed by atoms with Crippen molar-refractivity contribution in [3.05, 3.63) is 16.6 Å². The Morgan fingerprint density at radius 2 is 2.32 bits per heavy atom. The maximum Gasteiger partial charge on any atom is 0.220 e. The van der Waals surface area contributed by atoms with Gasteiger partial charge in [0.15, 0.2) is 0 Å². The van der Waals surface area contributed by atoms with Crippen molar-refractivity contribution in [3.8, 4) is 0 Å². The molecule has 1 aromatic rings. The molecule has 1 aliphatic rings. The zero-order valence-corrected chi connectivity index (χ0v) is 12.0. The number of hydrogen-bond donors (Lipinski definition) is 2. The lowest BCUT2D eigenvalue weighted by Crippen LogP contribution is -2.36. The van der Waals surface area contributed by atoms with Gasteiger partial charge in [-0.15, -0.1) is 11.3 Å². The van der Waals surface area contributed by atoms with Crippen molar-refractivity contribution in [2.45, 2.75) is 51.0 Å². The molecule has 0 saturated heterocycles. The second kappa shape index (κ2) is 7.60. The third-order valence-corrected chi connectivity index (χ3v) is 4.55. The Bertz CT molecular complexity index is 381. The molecule has 0 bridgehead atoms. The fraction of sp³-hybridized carbons (Fsp3) is 0.714. The minimum Gasteiger partial charge on any atom is -0.393 e. The van der Waals surface area contributed by atoms with Gasteiger partial charge in [0.1, 0.15) is 0 Å². The predicted molar refractivity (Wildman–Crippen MR) is 76.0 cm³/mol. The highest BCUT2D eigenvalue weighted by Crippen LogP contribution is 2.23. The van der Waals surface area contributed by atoms with E-state index in [0.717, 1.165) is 37.1 Å². The van der Waals surface area contributed by atoms with Gasteiger partial charge in [0.2, 0.25) is 5.91 Å². The zero-order valence-electron chi connectivity index (χ0n) is 11.2. The SMILES string of the molecule is O=C(CCCc1nccs1)NC[C@@H]1CCCC[C@@H]1O. The molecule has 1 aromatic heterocycles. The lowest BCUT2D eigenvalue weighted by atomic mass is 9.86. The summed E-state index contributed by atoms with van der Waals surface area (Å²) in [5.41, 5.74) is 0. The number of aliphatic hydroxyl groups excluding tert-OH is 1. The fourth-order valence-corrected chi connectivity index (χ4v) is 3.20. The molecular weight excluding hydrogens is 260 g/mol. The highest BCUT2D eigenvalue weighted by Gasteiger charge is 2.23. The van der Waals surface area contributed by atoms with Gasteiger partial charge < -0.3 is 10.4 Å². The van der Waals surface area contributed by atoms with Crippen LogP contribution in [0.3, 0.4) is 0 Å². The smallest absolute Gasteiger partial charge is 0.220 e. The van der Waals surface area contributed by atoms with Crippen LogP contribution in [-0.4, -0.2) is 28.6 Å². The van der Waals surface area contributed by atoms with E-state index in [1.165, 1.54) is 6.42 Å². The van der Waals surface area contributed by atoms with Crippen molar-refractivity contribution in [1.82, 2.24) is 10.3 Å². The van der Waals surface area contributed by atoms with E-state index in [9.17, 15) is 9.90 Å². The van der Waals surface area contributed by atoms with E-state index < -0.39 is 0 Å². The maximum atomic E-state index is 11.7. The molecule has 0 aliphatic heterocycles. The van der Waals surface area contributed by atoms with Crippen molar-refractivity contribution >= 4 is 17.2 Å².